The summed E-state index contributed by atoms with van der Waals surface area (Å²) in [6.07, 6.45) is -3.47. The van der Waals surface area contributed by atoms with Crippen LogP contribution in [0.3, 0.4) is 0 Å². The van der Waals surface area contributed by atoms with Gasteiger partial charge in [-0.2, -0.15) is 13.2 Å². The molecule has 3 atom stereocenters. The second-order valence-corrected chi connectivity index (χ2v) is 7.78. The van der Waals surface area contributed by atoms with Crippen molar-refractivity contribution in [3.63, 3.8) is 0 Å². The monoisotopic (exact) mass is 444 g/mol. The van der Waals surface area contributed by atoms with Crippen molar-refractivity contribution in [3.8, 4) is 0 Å². The van der Waals surface area contributed by atoms with Crippen molar-refractivity contribution >= 4 is 35.2 Å². The number of rotatable bonds is 4. The molecule has 1 fully saturated rings. The normalized spacial score (nSPS) is 24.6. The van der Waals surface area contributed by atoms with E-state index in [9.17, 15) is 27.9 Å². The Labute approximate surface area is 173 Å². The van der Waals surface area contributed by atoms with Gasteiger partial charge < -0.3 is 15.7 Å². The van der Waals surface area contributed by atoms with E-state index in [2.05, 4.69) is 5.32 Å². The molecule has 2 aromatic carbocycles. The average molecular weight is 445 g/mol. The van der Waals surface area contributed by atoms with Crippen LogP contribution in [0.15, 0.2) is 53.4 Å². The van der Waals surface area contributed by atoms with Gasteiger partial charge in [-0.3, -0.25) is 4.79 Å². The van der Waals surface area contributed by atoms with Gasteiger partial charge in [0.05, 0.1) is 6.04 Å². The average Bonchev–Trinajstić information content (AvgIpc) is 2.67. The lowest BCUT2D eigenvalue weighted by Crippen LogP contribution is -2.72. The van der Waals surface area contributed by atoms with E-state index in [0.29, 0.717) is 5.02 Å². The molecule has 0 aromatic heterocycles. The zero-order valence-corrected chi connectivity index (χ0v) is 16.5. The highest BCUT2D eigenvalue weighted by Gasteiger charge is 2.66. The number of carbonyl (C=O) groups excluding carboxylic acids is 2. The first-order chi connectivity index (χ1) is 13.6. The van der Waals surface area contributed by atoms with Gasteiger partial charge in [0, 0.05) is 15.5 Å². The van der Waals surface area contributed by atoms with Gasteiger partial charge >= 0.3 is 12.2 Å². The number of carbonyl (C=O) groups is 2. The SMILES string of the molecule is CSc1ccc([C@@H]2NC(=O)N[C@@](O)(C(F)(F)F)[C@@H]2C(=O)c2ccc(Cl)cc2)cc1. The number of benzene rings is 2. The molecule has 0 bridgehead atoms. The van der Waals surface area contributed by atoms with Crippen molar-refractivity contribution in [1.82, 2.24) is 10.6 Å². The van der Waals surface area contributed by atoms with Crippen LogP contribution < -0.4 is 10.6 Å². The Bertz CT molecular complexity index is 922. The van der Waals surface area contributed by atoms with Crippen molar-refractivity contribution in [3.05, 3.63) is 64.7 Å². The van der Waals surface area contributed by atoms with Crippen molar-refractivity contribution in [2.45, 2.75) is 22.8 Å². The zero-order valence-electron chi connectivity index (χ0n) is 15.0. The molecule has 2 amide bonds. The van der Waals surface area contributed by atoms with Crippen LogP contribution in [0.25, 0.3) is 0 Å². The number of ketones is 1. The molecule has 0 radical (unpaired) electrons. The van der Waals surface area contributed by atoms with E-state index in [4.69, 9.17) is 11.6 Å². The van der Waals surface area contributed by atoms with Crippen LogP contribution >= 0.6 is 23.4 Å². The zero-order chi connectivity index (χ0) is 21.4. The summed E-state index contributed by atoms with van der Waals surface area (Å²) in [6.45, 7) is 0. The third-order valence-corrected chi connectivity index (χ3v) is 5.69. The first-order valence-electron chi connectivity index (χ1n) is 8.38. The topological polar surface area (TPSA) is 78.4 Å². The molecule has 29 heavy (non-hydrogen) atoms. The van der Waals surface area contributed by atoms with Crippen LogP contribution in [-0.2, 0) is 0 Å². The van der Waals surface area contributed by atoms with E-state index >= 15 is 0 Å². The van der Waals surface area contributed by atoms with Gasteiger partial charge in [-0.15, -0.1) is 11.8 Å². The number of thioether (sulfide) groups is 1. The van der Waals surface area contributed by atoms with Crippen LogP contribution in [0.2, 0.25) is 5.02 Å². The lowest BCUT2D eigenvalue weighted by Gasteiger charge is -2.45. The summed E-state index contributed by atoms with van der Waals surface area (Å²) < 4.78 is 41.5. The maximum Gasteiger partial charge on any atom is 0.437 e. The van der Waals surface area contributed by atoms with E-state index in [1.807, 2.05) is 6.26 Å². The number of aliphatic hydroxyl groups is 1. The fraction of sp³-hybridized carbons (Fsp3) is 0.263. The minimum absolute atomic E-state index is 0.0780. The largest absolute Gasteiger partial charge is 0.437 e. The summed E-state index contributed by atoms with van der Waals surface area (Å²) in [7, 11) is 0. The number of Topliss-reactive ketones (excluding diaryl/α,β-unsaturated/α-hetero) is 1. The summed E-state index contributed by atoms with van der Waals surface area (Å²) >= 11 is 7.22. The summed E-state index contributed by atoms with van der Waals surface area (Å²) in [5.41, 5.74) is -3.58. The maximum absolute atomic E-state index is 13.8. The lowest BCUT2D eigenvalue weighted by molar-refractivity contribution is -0.287. The van der Waals surface area contributed by atoms with Crippen LogP contribution in [0.5, 0.6) is 0 Å². The van der Waals surface area contributed by atoms with Gasteiger partial charge in [0.15, 0.2) is 5.78 Å². The molecule has 0 saturated carbocycles. The van der Waals surface area contributed by atoms with E-state index in [0.717, 1.165) is 4.90 Å². The number of alkyl halides is 3. The molecule has 2 aromatic rings. The Morgan fingerprint density at radius 1 is 1.14 bits per heavy atom. The molecule has 3 rings (SSSR count). The molecular formula is C19H16ClF3N2O3S. The number of nitrogens with one attached hydrogen (secondary N) is 2. The molecule has 1 aliphatic heterocycles. The highest BCUT2D eigenvalue weighted by molar-refractivity contribution is 7.98. The minimum atomic E-state index is -5.30. The quantitative estimate of drug-likeness (QED) is 0.488. The van der Waals surface area contributed by atoms with E-state index < -0.39 is 35.7 Å². The number of urea groups is 1. The molecule has 0 spiro atoms. The second kappa shape index (κ2) is 7.89. The van der Waals surface area contributed by atoms with Crippen molar-refractivity contribution in [2.75, 3.05) is 6.26 Å². The Kier molecular flexibility index (Phi) is 5.84. The fourth-order valence-electron chi connectivity index (χ4n) is 3.22. The fourth-order valence-corrected chi connectivity index (χ4v) is 3.76. The molecule has 1 saturated heterocycles. The molecule has 3 N–H and O–H groups in total. The smallest absolute Gasteiger partial charge is 0.363 e. The lowest BCUT2D eigenvalue weighted by atomic mass is 9.77. The van der Waals surface area contributed by atoms with Gasteiger partial charge in [-0.25, -0.2) is 4.79 Å². The summed E-state index contributed by atoms with van der Waals surface area (Å²) in [5, 5.41) is 14.6. The van der Waals surface area contributed by atoms with Crippen molar-refractivity contribution in [1.29, 1.82) is 0 Å². The van der Waals surface area contributed by atoms with E-state index in [1.54, 1.807) is 12.1 Å². The van der Waals surface area contributed by atoms with Crippen LogP contribution in [0, 0.1) is 5.92 Å². The number of amides is 2. The van der Waals surface area contributed by atoms with Crippen LogP contribution in [-0.4, -0.2) is 35.1 Å². The second-order valence-electron chi connectivity index (χ2n) is 6.46. The first-order valence-corrected chi connectivity index (χ1v) is 9.98. The Hall–Kier alpha value is -2.23. The number of hydrogen-bond acceptors (Lipinski definition) is 4. The molecule has 0 aliphatic carbocycles. The Morgan fingerprint density at radius 3 is 2.24 bits per heavy atom. The van der Waals surface area contributed by atoms with Gasteiger partial charge in [-0.1, -0.05) is 23.7 Å². The number of hydrogen-bond donors (Lipinski definition) is 3. The molecule has 0 unspecified atom stereocenters. The highest BCUT2D eigenvalue weighted by Crippen LogP contribution is 2.44. The van der Waals surface area contributed by atoms with Crippen LogP contribution in [0.1, 0.15) is 22.0 Å². The van der Waals surface area contributed by atoms with Crippen molar-refractivity contribution in [2.24, 2.45) is 5.92 Å². The predicted molar refractivity (Wildman–Crippen MR) is 103 cm³/mol. The first kappa shape index (κ1) is 21.5. The van der Waals surface area contributed by atoms with E-state index in [-0.39, 0.29) is 11.1 Å². The summed E-state index contributed by atoms with van der Waals surface area (Å²) in [4.78, 5) is 25.9. The number of halogens is 4. The Morgan fingerprint density at radius 2 is 1.72 bits per heavy atom. The third-order valence-electron chi connectivity index (χ3n) is 4.69. The maximum atomic E-state index is 13.8. The molecule has 5 nitrogen and oxygen atoms in total. The molecule has 10 heteroatoms. The van der Waals surface area contributed by atoms with Crippen LogP contribution in [0.4, 0.5) is 18.0 Å². The standard InChI is InChI=1S/C19H16ClF3N2O3S/c1-29-13-8-4-10(5-9-13)15-14(16(26)11-2-6-12(20)7-3-11)18(28,19(21,22)23)25-17(27)24-15/h2-9,14-15,28H,1H3,(H2,24,25,27)/t14-,15-,18-/m0/s1. The summed E-state index contributed by atoms with van der Waals surface area (Å²) in [5.74, 6) is -3.06. The third kappa shape index (κ3) is 4.08. The van der Waals surface area contributed by atoms with Gasteiger partial charge in [0.25, 0.3) is 0 Å². The molecule has 1 heterocycles. The van der Waals surface area contributed by atoms with Gasteiger partial charge in [-0.05, 0) is 48.2 Å². The Balaban J connectivity index is 2.13. The predicted octanol–water partition coefficient (Wildman–Crippen LogP) is 4.17. The van der Waals surface area contributed by atoms with Crippen molar-refractivity contribution < 1.29 is 27.9 Å². The molecule has 1 aliphatic rings. The molecular weight excluding hydrogens is 429 g/mol. The highest BCUT2D eigenvalue weighted by atomic mass is 35.5. The minimum Gasteiger partial charge on any atom is -0.363 e. The van der Waals surface area contributed by atoms with Gasteiger partial charge in [0.2, 0.25) is 5.72 Å². The summed E-state index contributed by atoms with van der Waals surface area (Å²) in [6, 6.07) is 8.96. The molecule has 154 valence electrons. The van der Waals surface area contributed by atoms with Gasteiger partial charge in [0.1, 0.15) is 5.92 Å². The van der Waals surface area contributed by atoms with E-state index in [1.165, 1.54) is 53.5 Å².